The van der Waals surface area contributed by atoms with Crippen LogP contribution < -0.4 is 0 Å². The first-order valence-corrected chi connectivity index (χ1v) is 4.97. The van der Waals surface area contributed by atoms with E-state index in [0.29, 0.717) is 6.07 Å². The van der Waals surface area contributed by atoms with Crippen molar-refractivity contribution in [2.24, 2.45) is 0 Å². The summed E-state index contributed by atoms with van der Waals surface area (Å²) in [5, 5.41) is 0. The second-order valence-electron chi connectivity index (χ2n) is 3.73. The molecular weight excluding hydrogens is 281 g/mol. The molecule has 1 aromatic rings. The molecule has 0 unspecified atom stereocenters. The lowest BCUT2D eigenvalue weighted by Crippen LogP contribution is -2.13. The molecule has 0 bridgehead atoms. The van der Waals surface area contributed by atoms with E-state index in [1.54, 1.807) is 0 Å². The third-order valence-corrected chi connectivity index (χ3v) is 2.23. The standard InChI is InChI=1S/C11H7F7O/c12-8-2-1-6(5-7(8)11(16,17)18)9(19)3-4-10(13,14)15/h1-2,5H,3-4H2. The molecule has 8 heteroatoms. The third kappa shape index (κ3) is 4.53. The van der Waals surface area contributed by atoms with E-state index in [1.807, 2.05) is 0 Å². The van der Waals surface area contributed by atoms with E-state index in [1.165, 1.54) is 0 Å². The van der Waals surface area contributed by atoms with Crippen molar-refractivity contribution in [2.75, 3.05) is 0 Å². The van der Waals surface area contributed by atoms with Gasteiger partial charge in [0.1, 0.15) is 5.82 Å². The molecule has 0 atom stereocenters. The monoisotopic (exact) mass is 288 g/mol. The molecule has 1 aromatic carbocycles. The Morgan fingerprint density at radius 3 is 2.11 bits per heavy atom. The fourth-order valence-corrected chi connectivity index (χ4v) is 1.32. The molecule has 0 fully saturated rings. The van der Waals surface area contributed by atoms with Crippen LogP contribution in [0.25, 0.3) is 0 Å². The van der Waals surface area contributed by atoms with Crippen LogP contribution in [0.3, 0.4) is 0 Å². The minimum absolute atomic E-state index is 0.216. The molecule has 0 amide bonds. The first kappa shape index (κ1) is 15.5. The zero-order chi connectivity index (χ0) is 14.8. The Balaban J connectivity index is 2.94. The van der Waals surface area contributed by atoms with E-state index >= 15 is 0 Å². The first-order chi connectivity index (χ1) is 8.50. The normalized spacial score (nSPS) is 12.6. The van der Waals surface area contributed by atoms with Gasteiger partial charge in [-0.25, -0.2) is 4.39 Å². The Morgan fingerprint density at radius 2 is 1.63 bits per heavy atom. The summed E-state index contributed by atoms with van der Waals surface area (Å²) in [5.41, 5.74) is -2.27. The van der Waals surface area contributed by atoms with E-state index in [9.17, 15) is 35.5 Å². The highest BCUT2D eigenvalue weighted by atomic mass is 19.4. The molecule has 0 saturated heterocycles. The largest absolute Gasteiger partial charge is 0.419 e. The van der Waals surface area contributed by atoms with Gasteiger partial charge in [-0.3, -0.25) is 4.79 Å². The highest BCUT2D eigenvalue weighted by Crippen LogP contribution is 2.32. The molecule has 1 rings (SSSR count). The fourth-order valence-electron chi connectivity index (χ4n) is 1.32. The van der Waals surface area contributed by atoms with Gasteiger partial charge in [0.05, 0.1) is 12.0 Å². The van der Waals surface area contributed by atoms with E-state index in [0.717, 1.165) is 6.07 Å². The van der Waals surface area contributed by atoms with Crippen LogP contribution in [-0.4, -0.2) is 12.0 Å². The molecule has 1 nitrogen and oxygen atoms in total. The lowest BCUT2D eigenvalue weighted by atomic mass is 10.0. The molecular formula is C11H7F7O. The number of ketones is 1. The Bertz CT molecular complexity index is 473. The van der Waals surface area contributed by atoms with Gasteiger partial charge in [0.15, 0.2) is 5.78 Å². The van der Waals surface area contributed by atoms with E-state index < -0.39 is 47.9 Å². The third-order valence-electron chi connectivity index (χ3n) is 2.23. The average Bonchev–Trinajstić information content (AvgIpc) is 2.24. The van der Waals surface area contributed by atoms with E-state index in [2.05, 4.69) is 0 Å². The van der Waals surface area contributed by atoms with Crippen LogP contribution in [0, 0.1) is 5.82 Å². The number of halogens is 7. The van der Waals surface area contributed by atoms with Gasteiger partial charge in [-0.05, 0) is 18.2 Å². The summed E-state index contributed by atoms with van der Waals surface area (Å²) in [5.74, 6) is -2.71. The van der Waals surface area contributed by atoms with Crippen molar-refractivity contribution in [1.29, 1.82) is 0 Å². The number of hydrogen-bond donors (Lipinski definition) is 0. The number of carbonyl (C=O) groups is 1. The van der Waals surface area contributed by atoms with Crippen molar-refractivity contribution in [2.45, 2.75) is 25.2 Å². The molecule has 19 heavy (non-hydrogen) atoms. The molecule has 0 heterocycles. The van der Waals surface area contributed by atoms with Crippen molar-refractivity contribution < 1.29 is 35.5 Å². The minimum Gasteiger partial charge on any atom is -0.294 e. The van der Waals surface area contributed by atoms with Gasteiger partial charge < -0.3 is 0 Å². The van der Waals surface area contributed by atoms with Crippen LogP contribution in [-0.2, 0) is 6.18 Å². The summed E-state index contributed by atoms with van der Waals surface area (Å²) in [7, 11) is 0. The molecule has 0 spiro atoms. The topological polar surface area (TPSA) is 17.1 Å². The smallest absolute Gasteiger partial charge is 0.294 e. The molecule has 0 N–H and O–H groups in total. The molecule has 0 saturated carbocycles. The summed E-state index contributed by atoms with van der Waals surface area (Å²) in [6, 6.07) is 1.35. The van der Waals surface area contributed by atoms with Crippen molar-refractivity contribution in [3.8, 4) is 0 Å². The van der Waals surface area contributed by atoms with Crippen LogP contribution in [0.15, 0.2) is 18.2 Å². The maximum Gasteiger partial charge on any atom is 0.419 e. The van der Waals surface area contributed by atoms with Gasteiger partial charge in [-0.2, -0.15) is 26.3 Å². The van der Waals surface area contributed by atoms with Crippen molar-refractivity contribution in [1.82, 2.24) is 0 Å². The second kappa shape index (κ2) is 5.18. The number of benzene rings is 1. The molecule has 0 aliphatic rings. The summed E-state index contributed by atoms with van der Waals surface area (Å²) >= 11 is 0. The Kier molecular flexibility index (Phi) is 4.21. The summed E-state index contributed by atoms with van der Waals surface area (Å²) in [4.78, 5) is 11.3. The van der Waals surface area contributed by atoms with Gasteiger partial charge in [-0.15, -0.1) is 0 Å². The zero-order valence-corrected chi connectivity index (χ0v) is 9.20. The molecule has 0 aromatic heterocycles. The molecule has 0 aliphatic heterocycles. The summed E-state index contributed by atoms with van der Waals surface area (Å²) in [6.07, 6.45) is -12.0. The minimum atomic E-state index is -5.01. The molecule has 106 valence electrons. The highest BCUT2D eigenvalue weighted by molar-refractivity contribution is 5.96. The maximum absolute atomic E-state index is 12.9. The predicted molar refractivity (Wildman–Crippen MR) is 51.0 cm³/mol. The van der Waals surface area contributed by atoms with Crippen LogP contribution in [0.4, 0.5) is 30.7 Å². The van der Waals surface area contributed by atoms with E-state index in [-0.39, 0.29) is 6.07 Å². The van der Waals surface area contributed by atoms with Gasteiger partial charge >= 0.3 is 12.4 Å². The summed E-state index contributed by atoms with van der Waals surface area (Å²) < 4.78 is 85.5. The highest BCUT2D eigenvalue weighted by Gasteiger charge is 2.35. The van der Waals surface area contributed by atoms with Crippen LogP contribution in [0.1, 0.15) is 28.8 Å². The Hall–Kier alpha value is -1.60. The lowest BCUT2D eigenvalue weighted by molar-refractivity contribution is -0.140. The van der Waals surface area contributed by atoms with Crippen LogP contribution in [0.5, 0.6) is 0 Å². The number of hydrogen-bond acceptors (Lipinski definition) is 1. The van der Waals surface area contributed by atoms with Crippen molar-refractivity contribution in [3.63, 3.8) is 0 Å². The molecule has 0 aliphatic carbocycles. The van der Waals surface area contributed by atoms with Gasteiger partial charge in [0.2, 0.25) is 0 Å². The number of Topliss-reactive ketones (excluding diaryl/α,β-unsaturated/α-hetero) is 1. The fraction of sp³-hybridized carbons (Fsp3) is 0.364. The average molecular weight is 288 g/mol. The lowest BCUT2D eigenvalue weighted by Gasteiger charge is -2.10. The predicted octanol–water partition coefficient (Wildman–Crippen LogP) is 4.37. The maximum atomic E-state index is 12.9. The Labute approximate surface area is 103 Å². The first-order valence-electron chi connectivity index (χ1n) is 4.97. The number of alkyl halides is 6. The zero-order valence-electron chi connectivity index (χ0n) is 9.20. The van der Waals surface area contributed by atoms with Gasteiger partial charge in [-0.1, -0.05) is 0 Å². The second-order valence-corrected chi connectivity index (χ2v) is 3.73. The summed E-state index contributed by atoms with van der Waals surface area (Å²) in [6.45, 7) is 0. The van der Waals surface area contributed by atoms with Gasteiger partial charge in [0, 0.05) is 12.0 Å². The SMILES string of the molecule is O=C(CCC(F)(F)F)c1ccc(F)c(C(F)(F)F)c1. The Morgan fingerprint density at radius 1 is 1.05 bits per heavy atom. The van der Waals surface area contributed by atoms with Crippen molar-refractivity contribution in [3.05, 3.63) is 35.1 Å². The van der Waals surface area contributed by atoms with Crippen LogP contribution >= 0.6 is 0 Å². The van der Waals surface area contributed by atoms with Crippen LogP contribution in [0.2, 0.25) is 0 Å². The number of carbonyl (C=O) groups excluding carboxylic acids is 1. The van der Waals surface area contributed by atoms with Crippen molar-refractivity contribution >= 4 is 5.78 Å². The quantitative estimate of drug-likeness (QED) is 0.596. The van der Waals surface area contributed by atoms with Gasteiger partial charge in [0.25, 0.3) is 0 Å². The number of rotatable bonds is 3. The van der Waals surface area contributed by atoms with E-state index in [4.69, 9.17) is 0 Å². The molecule has 0 radical (unpaired) electrons.